The Morgan fingerprint density at radius 2 is 1.59 bits per heavy atom. The van der Waals surface area contributed by atoms with Gasteiger partial charge < -0.3 is 10.5 Å². The minimum atomic E-state index is -1.88. The predicted octanol–water partition coefficient (Wildman–Crippen LogP) is 7.70. The molecule has 3 aromatic heterocycles. The number of hydrogen-bond acceptors (Lipinski definition) is 7. The standard InChI is InChI=1S/C32H37FN6OSi/c1-19(2)41(20(3)4,21(5)6)14-12-25-15-22(7)26(18-36-25)28-17-30(34)39-31(38-28)24-9-10-29(27(33)16-24)40-32-35-13-11-23(8)37-32/h9-11,13,15-21H,1-8H3,(H2,34,38,39). The SMILES string of the molecule is Cc1ccnc(Oc2ccc(-c3nc(N)cc(-c4cnc(C#C[Si](C(C)C)(C(C)C)C(C)C)cc4C)n3)cc2F)n1. The molecule has 0 unspecified atom stereocenters. The number of pyridine rings is 1. The molecule has 212 valence electrons. The molecule has 7 nitrogen and oxygen atoms in total. The predicted molar refractivity (Wildman–Crippen MR) is 165 cm³/mol. The summed E-state index contributed by atoms with van der Waals surface area (Å²) in [5.74, 6) is 3.38. The Hall–Kier alpha value is -4.16. The monoisotopic (exact) mass is 568 g/mol. The summed E-state index contributed by atoms with van der Waals surface area (Å²) in [5.41, 5.74) is 15.8. The molecule has 4 aromatic rings. The molecule has 41 heavy (non-hydrogen) atoms. The van der Waals surface area contributed by atoms with Crippen molar-refractivity contribution in [2.75, 3.05) is 5.73 Å². The second kappa shape index (κ2) is 12.1. The Balaban J connectivity index is 1.64. The van der Waals surface area contributed by atoms with Crippen molar-refractivity contribution in [3.8, 4) is 45.9 Å². The van der Waals surface area contributed by atoms with E-state index < -0.39 is 13.9 Å². The molecule has 0 fully saturated rings. The number of aromatic nitrogens is 5. The largest absolute Gasteiger partial charge is 0.421 e. The van der Waals surface area contributed by atoms with Gasteiger partial charge in [-0.25, -0.2) is 29.3 Å². The van der Waals surface area contributed by atoms with Gasteiger partial charge in [-0.1, -0.05) is 47.5 Å². The van der Waals surface area contributed by atoms with Gasteiger partial charge in [0.25, 0.3) is 0 Å². The Bertz CT molecular complexity index is 1600. The van der Waals surface area contributed by atoms with Crippen LogP contribution < -0.4 is 10.5 Å². The molecule has 2 N–H and O–H groups in total. The summed E-state index contributed by atoms with van der Waals surface area (Å²) in [4.78, 5) is 21.9. The minimum absolute atomic E-state index is 0.000278. The van der Waals surface area contributed by atoms with E-state index >= 15 is 0 Å². The summed E-state index contributed by atoms with van der Waals surface area (Å²) < 4.78 is 20.5. The van der Waals surface area contributed by atoms with Gasteiger partial charge in [-0.3, -0.25) is 0 Å². The summed E-state index contributed by atoms with van der Waals surface area (Å²) in [7, 11) is -1.88. The van der Waals surface area contributed by atoms with E-state index in [-0.39, 0.29) is 17.6 Å². The number of nitrogens with zero attached hydrogens (tertiary/aromatic N) is 5. The lowest BCUT2D eigenvalue weighted by Gasteiger charge is -2.38. The first-order chi connectivity index (χ1) is 19.4. The van der Waals surface area contributed by atoms with Crippen LogP contribution in [0.2, 0.25) is 16.6 Å². The summed E-state index contributed by atoms with van der Waals surface area (Å²) in [6.07, 6.45) is 3.33. The fourth-order valence-electron chi connectivity index (χ4n) is 5.53. The van der Waals surface area contributed by atoms with Crippen molar-refractivity contribution in [3.05, 3.63) is 71.6 Å². The zero-order valence-electron chi connectivity index (χ0n) is 25.0. The zero-order chi connectivity index (χ0) is 29.9. The fourth-order valence-corrected chi connectivity index (χ4v) is 10.7. The van der Waals surface area contributed by atoms with Crippen molar-refractivity contribution in [1.29, 1.82) is 0 Å². The minimum Gasteiger partial charge on any atom is -0.421 e. The third-order valence-corrected chi connectivity index (χ3v) is 13.9. The molecule has 4 rings (SSSR count). The van der Waals surface area contributed by atoms with Crippen LogP contribution in [0.1, 0.15) is 58.5 Å². The number of anilines is 1. The third-order valence-electron chi connectivity index (χ3n) is 7.57. The van der Waals surface area contributed by atoms with E-state index in [2.05, 4.69) is 72.9 Å². The van der Waals surface area contributed by atoms with Crippen LogP contribution in [0.3, 0.4) is 0 Å². The number of nitrogens with two attached hydrogens (primary N) is 1. The maximum Gasteiger partial charge on any atom is 0.322 e. The molecule has 0 bridgehead atoms. The number of halogens is 1. The van der Waals surface area contributed by atoms with Crippen molar-refractivity contribution in [2.24, 2.45) is 0 Å². The summed E-state index contributed by atoms with van der Waals surface area (Å²) in [6.45, 7) is 17.6. The number of ether oxygens (including phenoxy) is 1. The molecule has 9 heteroatoms. The normalized spacial score (nSPS) is 11.6. The highest BCUT2D eigenvalue weighted by atomic mass is 28.3. The maximum absolute atomic E-state index is 15.0. The second-order valence-electron chi connectivity index (χ2n) is 11.3. The molecule has 0 saturated heterocycles. The van der Waals surface area contributed by atoms with Crippen LogP contribution in [0.15, 0.2) is 48.8 Å². The molecule has 0 aliphatic heterocycles. The maximum atomic E-state index is 15.0. The smallest absolute Gasteiger partial charge is 0.322 e. The van der Waals surface area contributed by atoms with Crippen LogP contribution in [0.5, 0.6) is 11.8 Å². The van der Waals surface area contributed by atoms with Gasteiger partial charge in [0.05, 0.1) is 5.69 Å². The summed E-state index contributed by atoms with van der Waals surface area (Å²) in [6, 6.07) is 9.96. The quantitative estimate of drug-likeness (QED) is 0.180. The van der Waals surface area contributed by atoms with Crippen molar-refractivity contribution < 1.29 is 9.13 Å². The van der Waals surface area contributed by atoms with Crippen LogP contribution in [-0.4, -0.2) is 33.0 Å². The highest BCUT2D eigenvalue weighted by Gasteiger charge is 2.41. The van der Waals surface area contributed by atoms with Gasteiger partial charge in [-0.05, 0) is 66.4 Å². The lowest BCUT2D eigenvalue weighted by molar-refractivity contribution is 0.410. The van der Waals surface area contributed by atoms with E-state index in [4.69, 9.17) is 15.5 Å². The highest BCUT2D eigenvalue weighted by molar-refractivity contribution is 6.90. The first-order valence-electron chi connectivity index (χ1n) is 13.8. The van der Waals surface area contributed by atoms with E-state index in [9.17, 15) is 4.39 Å². The van der Waals surface area contributed by atoms with Crippen molar-refractivity contribution in [3.63, 3.8) is 0 Å². The molecule has 3 heterocycles. The van der Waals surface area contributed by atoms with Crippen LogP contribution in [0.4, 0.5) is 10.2 Å². The van der Waals surface area contributed by atoms with Gasteiger partial charge >= 0.3 is 6.01 Å². The Morgan fingerprint density at radius 3 is 2.20 bits per heavy atom. The van der Waals surface area contributed by atoms with Crippen molar-refractivity contribution in [2.45, 2.75) is 72.0 Å². The van der Waals surface area contributed by atoms with Crippen LogP contribution >= 0.6 is 0 Å². The van der Waals surface area contributed by atoms with E-state index in [0.717, 1.165) is 16.8 Å². The topological polar surface area (TPSA) is 99.7 Å². The van der Waals surface area contributed by atoms with Crippen LogP contribution in [-0.2, 0) is 0 Å². The molecule has 0 saturated carbocycles. The number of benzene rings is 1. The van der Waals surface area contributed by atoms with Gasteiger partial charge in [0.2, 0.25) is 0 Å². The van der Waals surface area contributed by atoms with E-state index in [1.165, 1.54) is 12.1 Å². The lowest BCUT2D eigenvalue weighted by atomic mass is 10.1. The molecule has 0 aliphatic carbocycles. The van der Waals surface area contributed by atoms with Gasteiger partial charge in [0.15, 0.2) is 17.4 Å². The second-order valence-corrected chi connectivity index (χ2v) is 16.8. The summed E-state index contributed by atoms with van der Waals surface area (Å²) >= 11 is 0. The lowest BCUT2D eigenvalue weighted by Crippen LogP contribution is -2.43. The number of aryl methyl sites for hydroxylation is 2. The average Bonchev–Trinajstić information content (AvgIpc) is 2.89. The van der Waals surface area contributed by atoms with E-state index in [1.54, 1.807) is 37.5 Å². The van der Waals surface area contributed by atoms with Gasteiger partial charge in [0.1, 0.15) is 19.6 Å². The average molecular weight is 569 g/mol. The highest BCUT2D eigenvalue weighted by Crippen LogP contribution is 2.41. The number of hydrogen-bond donors (Lipinski definition) is 1. The molecular formula is C32H37FN6OSi. The molecule has 0 radical (unpaired) electrons. The first-order valence-corrected chi connectivity index (χ1v) is 16.1. The Kier molecular flexibility index (Phi) is 8.83. The molecule has 0 aliphatic rings. The third kappa shape index (κ3) is 6.44. The van der Waals surface area contributed by atoms with Crippen molar-refractivity contribution >= 4 is 13.9 Å². The number of nitrogen functional groups attached to an aromatic ring is 1. The molecule has 0 atom stereocenters. The molecule has 0 spiro atoms. The molecular weight excluding hydrogens is 531 g/mol. The van der Waals surface area contributed by atoms with Gasteiger partial charge in [-0.2, -0.15) is 0 Å². The van der Waals surface area contributed by atoms with Gasteiger partial charge in [0, 0.05) is 35.3 Å². The Morgan fingerprint density at radius 1 is 0.878 bits per heavy atom. The van der Waals surface area contributed by atoms with Crippen LogP contribution in [0.25, 0.3) is 22.6 Å². The van der Waals surface area contributed by atoms with E-state index in [0.29, 0.717) is 39.4 Å². The summed E-state index contributed by atoms with van der Waals surface area (Å²) in [5, 5.41) is 0. The number of rotatable bonds is 7. The van der Waals surface area contributed by atoms with Crippen LogP contribution in [0, 0.1) is 31.1 Å². The fraction of sp³-hybridized carbons (Fsp3) is 0.344. The first kappa shape index (κ1) is 29.8. The molecule has 1 aromatic carbocycles. The van der Waals surface area contributed by atoms with E-state index in [1.807, 2.05) is 13.0 Å². The van der Waals surface area contributed by atoms with Gasteiger partial charge in [-0.15, -0.1) is 5.54 Å². The Labute approximate surface area is 242 Å². The van der Waals surface area contributed by atoms with Crippen molar-refractivity contribution in [1.82, 2.24) is 24.9 Å². The molecule has 0 amide bonds. The zero-order valence-corrected chi connectivity index (χ0v) is 26.0.